The third kappa shape index (κ3) is 73.8. The van der Waals surface area contributed by atoms with Crippen LogP contribution in [0, 0.1) is 0 Å². The summed E-state index contributed by atoms with van der Waals surface area (Å²) < 4.78 is 68.7. The van der Waals surface area contributed by atoms with Crippen molar-refractivity contribution >= 4 is 39.5 Å². The maximum Gasteiger partial charge on any atom is 0.472 e. The number of ether oxygens (including phenoxy) is 4. The van der Waals surface area contributed by atoms with Gasteiger partial charge < -0.3 is 33.8 Å². The van der Waals surface area contributed by atoms with Crippen LogP contribution in [0.3, 0.4) is 0 Å². The average molecular weight is 1460 g/mol. The van der Waals surface area contributed by atoms with E-state index in [4.69, 9.17) is 37.0 Å². The van der Waals surface area contributed by atoms with Crippen molar-refractivity contribution in [2.45, 2.75) is 431 Å². The van der Waals surface area contributed by atoms with Crippen LogP contribution in [0.4, 0.5) is 0 Å². The average Bonchev–Trinajstić information content (AvgIpc) is 1.01. The number of hydrogen-bond acceptors (Lipinski definition) is 15. The molecule has 0 bridgehead atoms. The predicted molar refractivity (Wildman–Crippen MR) is 409 cm³/mol. The standard InChI is InChI=1S/C81H154O17P2/c1-5-9-13-17-21-25-29-33-37-41-45-49-53-57-61-65-78(83)91-71-76(97-80(85)67-63-59-55-51-47-43-39-35-31-27-23-19-15-11-7-3)73-95-99(87,88)93-69-75(82)70-94-100(89,90)96-74-77(98-81(86)68-64-60-56-52-48-44-40-36-32-28-24-20-16-12-8-4)72-92-79(84)66-62-58-54-50-46-42-38-34-30-26-22-18-14-10-6-2/h25-26,29-30,75-77,82H,5-24,27-28,31-74H2,1-4H3,(H,87,88)(H,89,90)/b29-25-,30-26-/t76-,77-/m1/s1. The quantitative estimate of drug-likeness (QED) is 0.0169. The zero-order valence-electron chi connectivity index (χ0n) is 64.7. The Hall–Kier alpha value is -2.46. The first-order valence-electron chi connectivity index (χ1n) is 41.6. The van der Waals surface area contributed by atoms with Gasteiger partial charge in [-0.1, -0.05) is 335 Å². The monoisotopic (exact) mass is 1460 g/mol. The van der Waals surface area contributed by atoms with E-state index >= 15 is 0 Å². The molecule has 590 valence electrons. The van der Waals surface area contributed by atoms with E-state index in [0.29, 0.717) is 25.7 Å². The number of unbranched alkanes of at least 4 members (excludes halogenated alkanes) is 50. The molecule has 0 aromatic carbocycles. The molecule has 0 aliphatic heterocycles. The number of phosphoric acid groups is 2. The van der Waals surface area contributed by atoms with E-state index in [1.165, 1.54) is 205 Å². The minimum atomic E-state index is -4.96. The molecule has 0 saturated carbocycles. The highest BCUT2D eigenvalue weighted by Gasteiger charge is 2.30. The Balaban J connectivity index is 5.30. The van der Waals surface area contributed by atoms with Crippen LogP contribution < -0.4 is 0 Å². The molecule has 0 radical (unpaired) electrons. The number of carbonyl (C=O) groups excluding carboxylic acids is 4. The largest absolute Gasteiger partial charge is 0.472 e. The van der Waals surface area contributed by atoms with Gasteiger partial charge in [-0.3, -0.25) is 37.3 Å². The second-order valence-electron chi connectivity index (χ2n) is 28.4. The van der Waals surface area contributed by atoms with E-state index in [1.807, 2.05) is 0 Å². The molecule has 0 aromatic heterocycles. The van der Waals surface area contributed by atoms with E-state index in [-0.39, 0.29) is 25.7 Å². The van der Waals surface area contributed by atoms with E-state index in [0.717, 1.165) is 128 Å². The van der Waals surface area contributed by atoms with Gasteiger partial charge in [-0.05, 0) is 77.0 Å². The van der Waals surface area contributed by atoms with Crippen LogP contribution >= 0.6 is 15.6 Å². The third-order valence-corrected chi connectivity index (χ3v) is 20.3. The van der Waals surface area contributed by atoms with E-state index in [2.05, 4.69) is 52.0 Å². The van der Waals surface area contributed by atoms with E-state index in [1.54, 1.807) is 0 Å². The maximum absolute atomic E-state index is 13.1. The molecular formula is C81H154O17P2. The molecule has 2 unspecified atom stereocenters. The summed E-state index contributed by atoms with van der Waals surface area (Å²) >= 11 is 0. The highest BCUT2D eigenvalue weighted by molar-refractivity contribution is 7.47. The van der Waals surface area contributed by atoms with Crippen LogP contribution in [0.25, 0.3) is 0 Å². The van der Waals surface area contributed by atoms with Gasteiger partial charge in [0, 0.05) is 25.7 Å². The predicted octanol–water partition coefficient (Wildman–Crippen LogP) is 24.1. The second kappa shape index (κ2) is 74.8. The Bertz CT molecular complexity index is 1850. The Kier molecular flexibility index (Phi) is 73.0. The fraction of sp³-hybridized carbons (Fsp3) is 0.901. The molecule has 0 fully saturated rings. The number of aliphatic hydroxyl groups is 1. The molecule has 0 aliphatic rings. The zero-order valence-corrected chi connectivity index (χ0v) is 66.5. The number of hydrogen-bond donors (Lipinski definition) is 3. The lowest BCUT2D eigenvalue weighted by atomic mass is 10.0. The van der Waals surface area contributed by atoms with E-state index < -0.39 is 97.5 Å². The zero-order chi connectivity index (χ0) is 73.2. The van der Waals surface area contributed by atoms with Gasteiger partial charge in [-0.25, -0.2) is 9.13 Å². The highest BCUT2D eigenvalue weighted by atomic mass is 31.2. The summed E-state index contributed by atoms with van der Waals surface area (Å²) in [4.78, 5) is 73.1. The van der Waals surface area contributed by atoms with Gasteiger partial charge in [0.2, 0.25) is 0 Å². The number of esters is 4. The number of carbonyl (C=O) groups is 4. The normalized spacial score (nSPS) is 13.9. The molecular weight excluding hydrogens is 1310 g/mol. The van der Waals surface area contributed by atoms with Crippen LogP contribution in [0.1, 0.15) is 413 Å². The minimum absolute atomic E-state index is 0.105. The molecule has 0 amide bonds. The summed E-state index contributed by atoms with van der Waals surface area (Å²) in [6.07, 6.45) is 69.9. The Labute approximate surface area is 612 Å². The first kappa shape index (κ1) is 97.5. The first-order valence-corrected chi connectivity index (χ1v) is 44.6. The van der Waals surface area contributed by atoms with Crippen molar-refractivity contribution in [1.29, 1.82) is 0 Å². The van der Waals surface area contributed by atoms with Gasteiger partial charge in [0.25, 0.3) is 0 Å². The van der Waals surface area contributed by atoms with Crippen molar-refractivity contribution in [2.24, 2.45) is 0 Å². The van der Waals surface area contributed by atoms with Crippen LogP contribution in [0.2, 0.25) is 0 Å². The van der Waals surface area contributed by atoms with Gasteiger partial charge in [-0.15, -0.1) is 0 Å². The van der Waals surface area contributed by atoms with Gasteiger partial charge in [0.1, 0.15) is 19.3 Å². The van der Waals surface area contributed by atoms with Crippen molar-refractivity contribution in [3.05, 3.63) is 24.3 Å². The highest BCUT2D eigenvalue weighted by Crippen LogP contribution is 2.45. The SMILES string of the molecule is CCCCCC/C=C\CCCCCCCCCC(=O)OC[C@H](COP(=O)(O)OCC(O)COP(=O)(O)OC[C@@H](COC(=O)CCCCCCCCC/C=C\CCCCCC)OC(=O)CCCCCCCCCCCCCCCCC)OC(=O)CCCCCCCCCCCCCCCCC. The Morgan fingerprint density at radius 1 is 0.270 bits per heavy atom. The molecule has 0 saturated heterocycles. The van der Waals surface area contributed by atoms with Gasteiger partial charge >= 0.3 is 39.5 Å². The van der Waals surface area contributed by atoms with Crippen LogP contribution in [-0.4, -0.2) is 96.7 Å². The van der Waals surface area contributed by atoms with Crippen molar-refractivity contribution in [2.75, 3.05) is 39.6 Å². The summed E-state index contributed by atoms with van der Waals surface area (Å²) in [5.41, 5.74) is 0. The molecule has 3 N–H and O–H groups in total. The molecule has 0 rings (SSSR count). The van der Waals surface area contributed by atoms with Crippen LogP contribution in [0.15, 0.2) is 24.3 Å². The van der Waals surface area contributed by atoms with Gasteiger partial charge in [0.05, 0.1) is 26.4 Å². The van der Waals surface area contributed by atoms with Crippen molar-refractivity contribution in [3.8, 4) is 0 Å². The fourth-order valence-electron chi connectivity index (χ4n) is 12.0. The summed E-state index contributed by atoms with van der Waals surface area (Å²) in [6.45, 7) is 4.97. The fourth-order valence-corrected chi connectivity index (χ4v) is 13.6. The lowest BCUT2D eigenvalue weighted by Gasteiger charge is -2.21. The molecule has 0 aliphatic carbocycles. The number of phosphoric ester groups is 2. The van der Waals surface area contributed by atoms with E-state index in [9.17, 15) is 43.2 Å². The molecule has 0 aromatic rings. The summed E-state index contributed by atoms with van der Waals surface area (Å²) in [7, 11) is -9.93. The number of aliphatic hydroxyl groups excluding tert-OH is 1. The number of rotatable bonds is 80. The molecule has 0 heterocycles. The number of allylic oxidation sites excluding steroid dienone is 4. The maximum atomic E-state index is 13.1. The Morgan fingerprint density at radius 3 is 0.700 bits per heavy atom. The summed E-state index contributed by atoms with van der Waals surface area (Å²) in [5, 5.41) is 10.6. The molecule has 17 nitrogen and oxygen atoms in total. The molecule has 19 heteroatoms. The van der Waals surface area contributed by atoms with Crippen molar-refractivity contribution in [3.63, 3.8) is 0 Å². The Morgan fingerprint density at radius 2 is 0.460 bits per heavy atom. The van der Waals surface area contributed by atoms with Gasteiger partial charge in [0.15, 0.2) is 12.2 Å². The minimum Gasteiger partial charge on any atom is -0.462 e. The summed E-state index contributed by atoms with van der Waals surface area (Å²) in [5.74, 6) is -2.13. The van der Waals surface area contributed by atoms with Crippen LogP contribution in [-0.2, 0) is 65.4 Å². The van der Waals surface area contributed by atoms with Crippen molar-refractivity contribution < 1.29 is 80.2 Å². The van der Waals surface area contributed by atoms with Gasteiger partial charge in [-0.2, -0.15) is 0 Å². The molecule has 4 atom stereocenters. The van der Waals surface area contributed by atoms with Crippen LogP contribution in [0.5, 0.6) is 0 Å². The molecule has 0 spiro atoms. The van der Waals surface area contributed by atoms with Crippen molar-refractivity contribution in [1.82, 2.24) is 0 Å². The third-order valence-electron chi connectivity index (χ3n) is 18.4. The lowest BCUT2D eigenvalue weighted by Crippen LogP contribution is -2.30. The first-order chi connectivity index (χ1) is 48.7. The smallest absolute Gasteiger partial charge is 0.462 e. The summed E-state index contributed by atoms with van der Waals surface area (Å²) in [6, 6.07) is 0. The topological polar surface area (TPSA) is 237 Å². The second-order valence-corrected chi connectivity index (χ2v) is 31.3. The lowest BCUT2D eigenvalue weighted by molar-refractivity contribution is -0.161. The molecule has 100 heavy (non-hydrogen) atoms.